The van der Waals surface area contributed by atoms with Crippen molar-refractivity contribution in [2.24, 2.45) is 0 Å². The number of hydrogen-bond donors (Lipinski definition) is 1. The summed E-state index contributed by atoms with van der Waals surface area (Å²) < 4.78 is 16.8. The van der Waals surface area contributed by atoms with E-state index < -0.39 is 0 Å². The van der Waals surface area contributed by atoms with Gasteiger partial charge in [-0.1, -0.05) is 6.07 Å². The minimum Gasteiger partial charge on any atom is -0.496 e. The predicted octanol–water partition coefficient (Wildman–Crippen LogP) is 3.98. The summed E-state index contributed by atoms with van der Waals surface area (Å²) in [5, 5.41) is 2.93. The molecule has 5 heteroatoms. The second kappa shape index (κ2) is 7.05. The molecular formula is C20H23NO4. The van der Waals surface area contributed by atoms with Gasteiger partial charge < -0.3 is 19.5 Å². The molecule has 2 aromatic rings. The van der Waals surface area contributed by atoms with Crippen LogP contribution in [0.4, 0.5) is 5.69 Å². The van der Waals surface area contributed by atoms with Crippen molar-refractivity contribution in [1.82, 2.24) is 0 Å². The Bertz CT molecular complexity index is 801. The Morgan fingerprint density at radius 3 is 2.80 bits per heavy atom. The third-order valence-corrected chi connectivity index (χ3v) is 4.22. The summed E-state index contributed by atoms with van der Waals surface area (Å²) in [5.41, 5.74) is 3.22. The van der Waals surface area contributed by atoms with Gasteiger partial charge in [-0.2, -0.15) is 0 Å². The Morgan fingerprint density at radius 1 is 1.28 bits per heavy atom. The van der Waals surface area contributed by atoms with Crippen molar-refractivity contribution in [3.63, 3.8) is 0 Å². The standard InChI is InChI=1S/C20H23NO4/c1-5-24-19-10-15-8-13(3)25-18(15)11-16(19)21-20(22)14-7-6-12(2)17(9-14)23-4/h6-7,9-11,13H,5,8H2,1-4H3,(H,21,22)/t13-/m1/s1. The van der Waals surface area contributed by atoms with E-state index in [-0.39, 0.29) is 12.0 Å². The maximum Gasteiger partial charge on any atom is 0.255 e. The van der Waals surface area contributed by atoms with Gasteiger partial charge in [-0.3, -0.25) is 4.79 Å². The molecule has 1 atom stereocenters. The number of nitrogens with one attached hydrogen (secondary N) is 1. The Morgan fingerprint density at radius 2 is 2.08 bits per heavy atom. The Balaban J connectivity index is 1.89. The molecule has 132 valence electrons. The summed E-state index contributed by atoms with van der Waals surface area (Å²) >= 11 is 0. The number of amides is 1. The molecule has 0 aliphatic carbocycles. The number of ether oxygens (including phenoxy) is 3. The van der Waals surface area contributed by atoms with E-state index in [0.29, 0.717) is 29.4 Å². The topological polar surface area (TPSA) is 56.8 Å². The summed E-state index contributed by atoms with van der Waals surface area (Å²) in [6, 6.07) is 9.17. The number of methoxy groups -OCH3 is 1. The van der Waals surface area contributed by atoms with E-state index in [1.165, 1.54) is 0 Å². The first-order valence-electron chi connectivity index (χ1n) is 8.44. The molecule has 1 aliphatic heterocycles. The number of aryl methyl sites for hydroxylation is 1. The van der Waals surface area contributed by atoms with Gasteiger partial charge in [-0.25, -0.2) is 0 Å². The number of carbonyl (C=O) groups excluding carboxylic acids is 1. The van der Waals surface area contributed by atoms with Crippen molar-refractivity contribution in [2.75, 3.05) is 19.0 Å². The first kappa shape index (κ1) is 17.1. The van der Waals surface area contributed by atoms with Crippen LogP contribution < -0.4 is 19.5 Å². The van der Waals surface area contributed by atoms with Crippen LogP contribution in [0.15, 0.2) is 30.3 Å². The lowest BCUT2D eigenvalue weighted by Crippen LogP contribution is -2.13. The quantitative estimate of drug-likeness (QED) is 0.894. The molecule has 0 spiro atoms. The maximum absolute atomic E-state index is 12.7. The zero-order chi connectivity index (χ0) is 18.0. The fourth-order valence-corrected chi connectivity index (χ4v) is 2.97. The van der Waals surface area contributed by atoms with Gasteiger partial charge in [0.2, 0.25) is 0 Å². The second-order valence-electron chi connectivity index (χ2n) is 6.16. The van der Waals surface area contributed by atoms with Crippen LogP contribution in [0.25, 0.3) is 0 Å². The monoisotopic (exact) mass is 341 g/mol. The zero-order valence-corrected chi connectivity index (χ0v) is 15.0. The van der Waals surface area contributed by atoms with Crippen molar-refractivity contribution in [1.29, 1.82) is 0 Å². The molecule has 0 aromatic heterocycles. The average molecular weight is 341 g/mol. The normalized spacial score (nSPS) is 15.3. The number of anilines is 1. The second-order valence-corrected chi connectivity index (χ2v) is 6.16. The van der Waals surface area contributed by atoms with Crippen molar-refractivity contribution < 1.29 is 19.0 Å². The van der Waals surface area contributed by atoms with E-state index >= 15 is 0 Å². The highest BCUT2D eigenvalue weighted by atomic mass is 16.5. The van der Waals surface area contributed by atoms with Crippen LogP contribution >= 0.6 is 0 Å². The average Bonchev–Trinajstić information content (AvgIpc) is 2.94. The maximum atomic E-state index is 12.7. The molecule has 5 nitrogen and oxygen atoms in total. The first-order chi connectivity index (χ1) is 12.0. The molecule has 3 rings (SSSR count). The van der Waals surface area contributed by atoms with Gasteiger partial charge in [-0.15, -0.1) is 0 Å². The predicted molar refractivity (Wildman–Crippen MR) is 97.1 cm³/mol. The van der Waals surface area contributed by atoms with Gasteiger partial charge in [-0.05, 0) is 44.5 Å². The number of fused-ring (bicyclic) bond motifs is 1. The van der Waals surface area contributed by atoms with Crippen molar-refractivity contribution >= 4 is 11.6 Å². The molecule has 2 aromatic carbocycles. The Hall–Kier alpha value is -2.69. The number of benzene rings is 2. The summed E-state index contributed by atoms with van der Waals surface area (Å²) in [6.07, 6.45) is 0.982. The summed E-state index contributed by atoms with van der Waals surface area (Å²) in [6.45, 7) is 6.41. The summed E-state index contributed by atoms with van der Waals surface area (Å²) in [4.78, 5) is 12.7. The van der Waals surface area contributed by atoms with Crippen LogP contribution in [0.3, 0.4) is 0 Å². The van der Waals surface area contributed by atoms with E-state index in [4.69, 9.17) is 14.2 Å². The number of carbonyl (C=O) groups is 1. The highest BCUT2D eigenvalue weighted by Gasteiger charge is 2.23. The lowest BCUT2D eigenvalue weighted by atomic mass is 10.1. The van der Waals surface area contributed by atoms with Crippen molar-refractivity contribution in [2.45, 2.75) is 33.3 Å². The van der Waals surface area contributed by atoms with Crippen LogP contribution in [-0.4, -0.2) is 25.7 Å². The molecule has 0 saturated heterocycles. The highest BCUT2D eigenvalue weighted by Crippen LogP contribution is 2.38. The van der Waals surface area contributed by atoms with Crippen molar-refractivity contribution in [3.8, 4) is 17.2 Å². The zero-order valence-electron chi connectivity index (χ0n) is 15.0. The third-order valence-electron chi connectivity index (χ3n) is 4.22. The van der Waals surface area contributed by atoms with E-state index in [2.05, 4.69) is 5.32 Å². The molecule has 1 N–H and O–H groups in total. The smallest absolute Gasteiger partial charge is 0.255 e. The van der Waals surface area contributed by atoms with Crippen LogP contribution in [-0.2, 0) is 6.42 Å². The van der Waals surface area contributed by atoms with Crippen LogP contribution in [0.2, 0.25) is 0 Å². The highest BCUT2D eigenvalue weighted by molar-refractivity contribution is 6.05. The molecule has 1 heterocycles. The Kier molecular flexibility index (Phi) is 4.83. The van der Waals surface area contributed by atoms with Gasteiger partial charge in [0.15, 0.2) is 0 Å². The van der Waals surface area contributed by atoms with Gasteiger partial charge in [0.25, 0.3) is 5.91 Å². The van der Waals surface area contributed by atoms with E-state index in [1.807, 2.05) is 39.0 Å². The molecule has 0 bridgehead atoms. The fraction of sp³-hybridized carbons (Fsp3) is 0.350. The molecule has 25 heavy (non-hydrogen) atoms. The van der Waals surface area contributed by atoms with E-state index in [0.717, 1.165) is 23.3 Å². The molecular weight excluding hydrogens is 318 g/mol. The van der Waals surface area contributed by atoms with Gasteiger partial charge in [0.1, 0.15) is 23.4 Å². The molecule has 0 saturated carbocycles. The summed E-state index contributed by atoms with van der Waals surface area (Å²) in [5.74, 6) is 1.92. The molecule has 0 fully saturated rings. The molecule has 1 aliphatic rings. The molecule has 0 unspecified atom stereocenters. The number of hydrogen-bond acceptors (Lipinski definition) is 4. The first-order valence-corrected chi connectivity index (χ1v) is 8.44. The molecule has 0 radical (unpaired) electrons. The minimum atomic E-state index is -0.217. The van der Waals surface area contributed by atoms with E-state index in [1.54, 1.807) is 19.2 Å². The minimum absolute atomic E-state index is 0.136. The fourth-order valence-electron chi connectivity index (χ4n) is 2.97. The van der Waals surface area contributed by atoms with Gasteiger partial charge in [0.05, 0.1) is 19.4 Å². The molecule has 1 amide bonds. The lowest BCUT2D eigenvalue weighted by molar-refractivity contribution is 0.102. The summed E-state index contributed by atoms with van der Waals surface area (Å²) in [7, 11) is 1.59. The van der Waals surface area contributed by atoms with E-state index in [9.17, 15) is 4.79 Å². The largest absolute Gasteiger partial charge is 0.496 e. The van der Waals surface area contributed by atoms with Crippen LogP contribution in [0.5, 0.6) is 17.2 Å². The van der Waals surface area contributed by atoms with Gasteiger partial charge in [0, 0.05) is 23.6 Å². The Labute approximate surface area is 147 Å². The van der Waals surface area contributed by atoms with Crippen molar-refractivity contribution in [3.05, 3.63) is 47.0 Å². The SMILES string of the molecule is CCOc1cc2c(cc1NC(=O)c1ccc(C)c(OC)c1)O[C@H](C)C2. The number of rotatable bonds is 5. The van der Waals surface area contributed by atoms with Gasteiger partial charge >= 0.3 is 0 Å². The third kappa shape index (κ3) is 3.55. The lowest BCUT2D eigenvalue weighted by Gasteiger charge is -2.14. The van der Waals surface area contributed by atoms with Crippen LogP contribution in [0.1, 0.15) is 35.3 Å². The van der Waals surface area contributed by atoms with Crippen LogP contribution in [0, 0.1) is 6.92 Å².